The normalized spacial score (nSPS) is 11.1. The topological polar surface area (TPSA) is 60.7 Å². The molecule has 1 amide bonds. The number of para-hydroxylation sites is 2. The zero-order valence-corrected chi connectivity index (χ0v) is 12.6. The van der Waals surface area contributed by atoms with E-state index in [0.717, 1.165) is 22.8 Å². The van der Waals surface area contributed by atoms with Crippen molar-refractivity contribution >= 4 is 27.7 Å². The summed E-state index contributed by atoms with van der Waals surface area (Å²) in [7, 11) is 0. The third-order valence-electron chi connectivity index (χ3n) is 4.19. The van der Waals surface area contributed by atoms with Gasteiger partial charge in [-0.05, 0) is 30.2 Å². The van der Waals surface area contributed by atoms with Crippen LogP contribution in [0.25, 0.3) is 21.8 Å². The standard InChI is InChI=1S/C19H17N3O/c23-19(16-6-3-4-13-8-10-20-18(13)16)21-11-9-14-12-22-17-7-2-1-5-15(14)17/h1-8,10,12,20,22H,9,11H2,(H,21,23). The van der Waals surface area contributed by atoms with Crippen LogP contribution in [0.4, 0.5) is 0 Å². The van der Waals surface area contributed by atoms with Crippen molar-refractivity contribution in [3.05, 3.63) is 72.1 Å². The van der Waals surface area contributed by atoms with Crippen molar-refractivity contribution in [3.8, 4) is 0 Å². The Balaban J connectivity index is 1.47. The van der Waals surface area contributed by atoms with Gasteiger partial charge in [0.15, 0.2) is 0 Å². The fraction of sp³-hybridized carbons (Fsp3) is 0.105. The van der Waals surface area contributed by atoms with Crippen LogP contribution in [0.15, 0.2) is 60.9 Å². The monoisotopic (exact) mass is 303 g/mol. The summed E-state index contributed by atoms with van der Waals surface area (Å²) in [6.45, 7) is 0.609. The number of H-pyrrole nitrogens is 2. The molecule has 2 aromatic carbocycles. The molecule has 23 heavy (non-hydrogen) atoms. The Labute approximate surface area is 133 Å². The fourth-order valence-electron chi connectivity index (χ4n) is 3.02. The van der Waals surface area contributed by atoms with Crippen LogP contribution in [0.2, 0.25) is 0 Å². The molecule has 4 heteroatoms. The zero-order chi connectivity index (χ0) is 15.6. The van der Waals surface area contributed by atoms with E-state index in [1.54, 1.807) is 0 Å². The van der Waals surface area contributed by atoms with Crippen molar-refractivity contribution in [1.82, 2.24) is 15.3 Å². The number of fused-ring (bicyclic) bond motifs is 2. The highest BCUT2D eigenvalue weighted by Crippen LogP contribution is 2.18. The first-order chi connectivity index (χ1) is 11.3. The predicted octanol–water partition coefficient (Wildman–Crippen LogP) is 3.62. The number of carbonyl (C=O) groups excluding carboxylic acids is 1. The average Bonchev–Trinajstić information content (AvgIpc) is 3.21. The Morgan fingerprint density at radius 3 is 2.87 bits per heavy atom. The van der Waals surface area contributed by atoms with E-state index in [1.807, 2.05) is 48.8 Å². The molecular formula is C19H17N3O. The highest BCUT2D eigenvalue weighted by Gasteiger charge is 2.10. The Bertz CT molecular complexity index is 980. The van der Waals surface area contributed by atoms with Crippen molar-refractivity contribution in [1.29, 1.82) is 0 Å². The maximum Gasteiger partial charge on any atom is 0.253 e. The quantitative estimate of drug-likeness (QED) is 0.530. The maximum absolute atomic E-state index is 12.4. The van der Waals surface area contributed by atoms with Crippen LogP contribution in [0.5, 0.6) is 0 Å². The molecule has 0 aliphatic heterocycles. The summed E-state index contributed by atoms with van der Waals surface area (Å²) in [6, 6.07) is 15.9. The molecule has 2 aromatic heterocycles. The SMILES string of the molecule is O=C(NCCc1c[nH]c2ccccc12)c1cccc2cc[nH]c12. The van der Waals surface area contributed by atoms with Gasteiger partial charge in [0.25, 0.3) is 5.91 Å². The molecule has 0 radical (unpaired) electrons. The Morgan fingerprint density at radius 1 is 1.00 bits per heavy atom. The molecule has 4 nitrogen and oxygen atoms in total. The van der Waals surface area contributed by atoms with Gasteiger partial charge in [-0.3, -0.25) is 4.79 Å². The van der Waals surface area contributed by atoms with Crippen molar-refractivity contribution in [2.24, 2.45) is 0 Å². The largest absolute Gasteiger partial charge is 0.361 e. The molecule has 3 N–H and O–H groups in total. The van der Waals surface area contributed by atoms with Crippen LogP contribution < -0.4 is 5.32 Å². The highest BCUT2D eigenvalue weighted by atomic mass is 16.1. The first-order valence-corrected chi connectivity index (χ1v) is 7.72. The van der Waals surface area contributed by atoms with Gasteiger partial charge >= 0.3 is 0 Å². The molecule has 4 aromatic rings. The average molecular weight is 303 g/mol. The number of hydrogen-bond acceptors (Lipinski definition) is 1. The van der Waals surface area contributed by atoms with Crippen LogP contribution in [0.1, 0.15) is 15.9 Å². The lowest BCUT2D eigenvalue weighted by molar-refractivity contribution is 0.0955. The van der Waals surface area contributed by atoms with Crippen molar-refractivity contribution in [2.45, 2.75) is 6.42 Å². The number of aromatic nitrogens is 2. The van der Waals surface area contributed by atoms with Gasteiger partial charge < -0.3 is 15.3 Å². The number of amides is 1. The van der Waals surface area contributed by atoms with Crippen LogP contribution in [0, 0.1) is 0 Å². The van der Waals surface area contributed by atoms with Crippen molar-refractivity contribution in [2.75, 3.05) is 6.54 Å². The van der Waals surface area contributed by atoms with E-state index in [2.05, 4.69) is 27.4 Å². The zero-order valence-electron chi connectivity index (χ0n) is 12.6. The van der Waals surface area contributed by atoms with Gasteiger partial charge in [0.05, 0.1) is 11.1 Å². The molecule has 0 unspecified atom stereocenters. The molecule has 4 rings (SSSR count). The molecule has 2 heterocycles. The van der Waals surface area contributed by atoms with Gasteiger partial charge in [-0.25, -0.2) is 0 Å². The molecule has 0 aliphatic carbocycles. The third-order valence-corrected chi connectivity index (χ3v) is 4.19. The van der Waals surface area contributed by atoms with Gasteiger partial charge in [0, 0.05) is 35.2 Å². The van der Waals surface area contributed by atoms with E-state index in [-0.39, 0.29) is 5.91 Å². The third kappa shape index (κ3) is 2.48. The molecule has 0 atom stereocenters. The first kappa shape index (κ1) is 13.6. The minimum atomic E-state index is -0.0436. The number of rotatable bonds is 4. The summed E-state index contributed by atoms with van der Waals surface area (Å²) >= 11 is 0. The minimum Gasteiger partial charge on any atom is -0.361 e. The lowest BCUT2D eigenvalue weighted by Crippen LogP contribution is -2.25. The van der Waals surface area contributed by atoms with Gasteiger partial charge in [-0.15, -0.1) is 0 Å². The van der Waals surface area contributed by atoms with E-state index in [1.165, 1.54) is 10.9 Å². The highest BCUT2D eigenvalue weighted by molar-refractivity contribution is 6.05. The Hall–Kier alpha value is -3.01. The van der Waals surface area contributed by atoms with Crippen molar-refractivity contribution in [3.63, 3.8) is 0 Å². The second-order valence-electron chi connectivity index (χ2n) is 5.61. The molecule has 0 saturated carbocycles. The van der Waals surface area contributed by atoms with Gasteiger partial charge in [0.1, 0.15) is 0 Å². The lowest BCUT2D eigenvalue weighted by atomic mass is 10.1. The predicted molar refractivity (Wildman–Crippen MR) is 92.6 cm³/mol. The minimum absolute atomic E-state index is 0.0436. The second-order valence-corrected chi connectivity index (χ2v) is 5.61. The maximum atomic E-state index is 12.4. The Kier molecular flexibility index (Phi) is 3.35. The summed E-state index contributed by atoms with van der Waals surface area (Å²) in [5.41, 5.74) is 3.92. The van der Waals surface area contributed by atoms with E-state index in [0.29, 0.717) is 12.1 Å². The molecular weight excluding hydrogens is 286 g/mol. The van der Waals surface area contributed by atoms with E-state index in [9.17, 15) is 4.79 Å². The smallest absolute Gasteiger partial charge is 0.253 e. The van der Waals surface area contributed by atoms with E-state index >= 15 is 0 Å². The molecule has 0 fully saturated rings. The molecule has 0 bridgehead atoms. The van der Waals surface area contributed by atoms with Crippen molar-refractivity contribution < 1.29 is 4.79 Å². The number of hydrogen-bond donors (Lipinski definition) is 3. The second kappa shape index (κ2) is 5.65. The molecule has 0 saturated heterocycles. The van der Waals surface area contributed by atoms with Gasteiger partial charge in [0.2, 0.25) is 0 Å². The summed E-state index contributed by atoms with van der Waals surface area (Å²) in [4.78, 5) is 18.8. The fourth-order valence-corrected chi connectivity index (χ4v) is 3.02. The lowest BCUT2D eigenvalue weighted by Gasteiger charge is -2.06. The van der Waals surface area contributed by atoms with Crippen LogP contribution in [-0.4, -0.2) is 22.4 Å². The summed E-state index contributed by atoms with van der Waals surface area (Å²) in [6.07, 6.45) is 4.67. The van der Waals surface area contributed by atoms with Crippen LogP contribution >= 0.6 is 0 Å². The van der Waals surface area contributed by atoms with E-state index in [4.69, 9.17) is 0 Å². The number of aromatic amines is 2. The molecule has 0 aliphatic rings. The number of carbonyl (C=O) groups is 1. The number of benzene rings is 2. The first-order valence-electron chi connectivity index (χ1n) is 7.72. The summed E-state index contributed by atoms with van der Waals surface area (Å²) < 4.78 is 0. The Morgan fingerprint density at radius 2 is 1.91 bits per heavy atom. The molecule has 114 valence electrons. The van der Waals surface area contributed by atoms with Gasteiger partial charge in [-0.1, -0.05) is 30.3 Å². The van der Waals surface area contributed by atoms with Crippen LogP contribution in [0.3, 0.4) is 0 Å². The van der Waals surface area contributed by atoms with Gasteiger partial charge in [-0.2, -0.15) is 0 Å². The summed E-state index contributed by atoms with van der Waals surface area (Å²) in [5, 5.41) is 5.28. The van der Waals surface area contributed by atoms with E-state index < -0.39 is 0 Å². The molecule has 0 spiro atoms. The summed E-state index contributed by atoms with van der Waals surface area (Å²) in [5.74, 6) is -0.0436. The number of nitrogens with one attached hydrogen (secondary N) is 3. The van der Waals surface area contributed by atoms with Crippen LogP contribution in [-0.2, 0) is 6.42 Å².